The second-order valence-electron chi connectivity index (χ2n) is 5.27. The maximum atomic E-state index is 12.5. The molecule has 0 radical (unpaired) electrons. The Bertz CT molecular complexity index is 883. The van der Waals surface area contributed by atoms with Gasteiger partial charge in [-0.1, -0.05) is 49.4 Å². The largest absolute Gasteiger partial charge is 0.310 e. The number of benzene rings is 2. The maximum Gasteiger partial charge on any atom is 0.229 e. The van der Waals surface area contributed by atoms with Crippen molar-refractivity contribution in [2.75, 3.05) is 5.75 Å². The molecule has 2 aromatic carbocycles. The summed E-state index contributed by atoms with van der Waals surface area (Å²) < 4.78 is 26.9. The van der Waals surface area contributed by atoms with Gasteiger partial charge in [0.05, 0.1) is 23.3 Å². The molecular formula is C17H18N2O2S. The fourth-order valence-electron chi connectivity index (χ4n) is 2.57. The third-order valence-electron chi connectivity index (χ3n) is 3.55. The van der Waals surface area contributed by atoms with Crippen molar-refractivity contribution in [3.05, 3.63) is 60.2 Å². The van der Waals surface area contributed by atoms with Gasteiger partial charge in [0, 0.05) is 0 Å². The first kappa shape index (κ1) is 14.8. The molecule has 1 heterocycles. The molecule has 3 aromatic rings. The van der Waals surface area contributed by atoms with E-state index in [4.69, 9.17) is 0 Å². The Morgan fingerprint density at radius 1 is 1.00 bits per heavy atom. The fraction of sp³-hybridized carbons (Fsp3) is 0.235. The lowest BCUT2D eigenvalue weighted by Gasteiger charge is -2.09. The lowest BCUT2D eigenvalue weighted by molar-refractivity contribution is 0.574. The number of imidazole rings is 1. The predicted octanol–water partition coefficient (Wildman–Crippen LogP) is 3.27. The monoisotopic (exact) mass is 314 g/mol. The third kappa shape index (κ3) is 2.76. The van der Waals surface area contributed by atoms with Crippen molar-refractivity contribution < 1.29 is 8.42 Å². The normalized spacial score (nSPS) is 11.9. The summed E-state index contributed by atoms with van der Waals surface area (Å²) in [5.74, 6) is 0.116. The van der Waals surface area contributed by atoms with Crippen LogP contribution in [0.2, 0.25) is 0 Å². The highest BCUT2D eigenvalue weighted by atomic mass is 32.2. The molecule has 0 aliphatic heterocycles. The smallest absolute Gasteiger partial charge is 0.229 e. The van der Waals surface area contributed by atoms with Gasteiger partial charge in [-0.2, -0.15) is 0 Å². The van der Waals surface area contributed by atoms with Crippen LogP contribution in [0, 0.1) is 0 Å². The minimum atomic E-state index is -3.37. The lowest BCUT2D eigenvalue weighted by Crippen LogP contribution is -2.14. The van der Waals surface area contributed by atoms with E-state index >= 15 is 0 Å². The van der Waals surface area contributed by atoms with E-state index in [-0.39, 0.29) is 10.9 Å². The van der Waals surface area contributed by atoms with Crippen LogP contribution in [0.5, 0.6) is 0 Å². The first-order chi connectivity index (χ1) is 10.6. The van der Waals surface area contributed by atoms with Gasteiger partial charge in [0.25, 0.3) is 0 Å². The van der Waals surface area contributed by atoms with Crippen LogP contribution in [0.4, 0.5) is 0 Å². The van der Waals surface area contributed by atoms with Crippen molar-refractivity contribution in [3.8, 4) is 0 Å². The van der Waals surface area contributed by atoms with Crippen LogP contribution < -0.4 is 0 Å². The second kappa shape index (κ2) is 5.93. The van der Waals surface area contributed by atoms with Gasteiger partial charge in [-0.3, -0.25) is 0 Å². The number of hydrogen-bond donors (Lipinski definition) is 0. The van der Waals surface area contributed by atoms with Gasteiger partial charge in [0.1, 0.15) is 0 Å². The highest BCUT2D eigenvalue weighted by Gasteiger charge is 2.22. The molecule has 22 heavy (non-hydrogen) atoms. The van der Waals surface area contributed by atoms with Crippen molar-refractivity contribution >= 4 is 20.9 Å². The highest BCUT2D eigenvalue weighted by molar-refractivity contribution is 7.91. The average Bonchev–Trinajstić information content (AvgIpc) is 2.88. The van der Waals surface area contributed by atoms with Crippen molar-refractivity contribution in [2.24, 2.45) is 0 Å². The Morgan fingerprint density at radius 3 is 2.41 bits per heavy atom. The van der Waals surface area contributed by atoms with Crippen molar-refractivity contribution in [2.45, 2.75) is 25.0 Å². The molecule has 1 aromatic heterocycles. The number of rotatable bonds is 5. The molecule has 0 spiro atoms. The number of para-hydroxylation sites is 2. The highest BCUT2D eigenvalue weighted by Crippen LogP contribution is 2.22. The molecule has 0 bridgehead atoms. The quantitative estimate of drug-likeness (QED) is 0.726. The van der Waals surface area contributed by atoms with Gasteiger partial charge in [-0.25, -0.2) is 13.4 Å². The topological polar surface area (TPSA) is 52.0 Å². The molecule has 0 unspecified atom stereocenters. The van der Waals surface area contributed by atoms with Crippen LogP contribution in [0.25, 0.3) is 11.0 Å². The van der Waals surface area contributed by atoms with Crippen molar-refractivity contribution in [1.82, 2.24) is 9.55 Å². The molecule has 3 rings (SSSR count). The van der Waals surface area contributed by atoms with E-state index in [1.165, 1.54) is 0 Å². The summed E-state index contributed by atoms with van der Waals surface area (Å²) >= 11 is 0. The van der Waals surface area contributed by atoms with E-state index in [1.807, 2.05) is 61.5 Å². The van der Waals surface area contributed by atoms with E-state index in [2.05, 4.69) is 4.98 Å². The molecule has 114 valence electrons. The van der Waals surface area contributed by atoms with Gasteiger partial charge >= 0.3 is 0 Å². The number of hydrogen-bond acceptors (Lipinski definition) is 3. The zero-order valence-electron chi connectivity index (χ0n) is 12.4. The number of nitrogens with zero attached hydrogens (tertiary/aromatic N) is 2. The van der Waals surface area contributed by atoms with E-state index in [1.54, 1.807) is 4.57 Å². The summed E-state index contributed by atoms with van der Waals surface area (Å²) in [6, 6.07) is 17.4. The number of aromatic nitrogens is 2. The fourth-order valence-corrected chi connectivity index (χ4v) is 4.03. The molecule has 0 saturated carbocycles. The predicted molar refractivity (Wildman–Crippen MR) is 87.6 cm³/mol. The van der Waals surface area contributed by atoms with Gasteiger partial charge in [0.15, 0.2) is 0 Å². The first-order valence-corrected chi connectivity index (χ1v) is 8.99. The number of sulfone groups is 1. The Morgan fingerprint density at radius 2 is 1.68 bits per heavy atom. The minimum Gasteiger partial charge on any atom is -0.310 e. The SMILES string of the molecule is CCCS(=O)(=O)c1nc2ccccc2n1Cc1ccccc1. The van der Waals surface area contributed by atoms with Crippen LogP contribution in [0.1, 0.15) is 18.9 Å². The Hall–Kier alpha value is -2.14. The Labute approximate surface area is 130 Å². The lowest BCUT2D eigenvalue weighted by atomic mass is 10.2. The first-order valence-electron chi connectivity index (χ1n) is 7.34. The standard InChI is InChI=1S/C17H18N2O2S/c1-2-12-22(20,21)17-18-15-10-6-7-11-16(15)19(17)13-14-8-4-3-5-9-14/h3-11H,2,12-13H2,1H3. The molecule has 4 nitrogen and oxygen atoms in total. The molecule has 0 aliphatic rings. The summed E-state index contributed by atoms with van der Waals surface area (Å²) in [6.45, 7) is 2.36. The van der Waals surface area contributed by atoms with Gasteiger partial charge in [-0.15, -0.1) is 0 Å². The minimum absolute atomic E-state index is 0.116. The van der Waals surface area contributed by atoms with Crippen LogP contribution in [0.15, 0.2) is 59.8 Å². The maximum absolute atomic E-state index is 12.5. The van der Waals surface area contributed by atoms with E-state index in [0.717, 1.165) is 11.1 Å². The Balaban J connectivity index is 2.17. The molecular weight excluding hydrogens is 296 g/mol. The van der Waals surface area contributed by atoms with Gasteiger partial charge in [0.2, 0.25) is 15.0 Å². The third-order valence-corrected chi connectivity index (χ3v) is 5.37. The van der Waals surface area contributed by atoms with E-state index in [0.29, 0.717) is 18.5 Å². The molecule has 0 fully saturated rings. The van der Waals surface area contributed by atoms with Gasteiger partial charge < -0.3 is 4.57 Å². The summed E-state index contributed by atoms with van der Waals surface area (Å²) in [5.41, 5.74) is 2.62. The summed E-state index contributed by atoms with van der Waals surface area (Å²) in [5, 5.41) is 0.166. The summed E-state index contributed by atoms with van der Waals surface area (Å²) in [7, 11) is -3.37. The Kier molecular flexibility index (Phi) is 3.98. The zero-order valence-corrected chi connectivity index (χ0v) is 13.3. The van der Waals surface area contributed by atoms with Crippen LogP contribution in [-0.4, -0.2) is 23.7 Å². The zero-order chi connectivity index (χ0) is 15.6. The molecule has 0 aliphatic carbocycles. The molecule has 5 heteroatoms. The molecule has 0 amide bonds. The average molecular weight is 314 g/mol. The van der Waals surface area contributed by atoms with E-state index < -0.39 is 9.84 Å². The van der Waals surface area contributed by atoms with Crippen molar-refractivity contribution in [3.63, 3.8) is 0 Å². The van der Waals surface area contributed by atoms with Crippen LogP contribution >= 0.6 is 0 Å². The molecule has 0 atom stereocenters. The number of fused-ring (bicyclic) bond motifs is 1. The molecule has 0 saturated heterocycles. The van der Waals surface area contributed by atoms with E-state index in [9.17, 15) is 8.42 Å². The second-order valence-corrected chi connectivity index (χ2v) is 7.28. The van der Waals surface area contributed by atoms with Gasteiger partial charge in [-0.05, 0) is 24.1 Å². The van der Waals surface area contributed by atoms with Crippen molar-refractivity contribution in [1.29, 1.82) is 0 Å². The summed E-state index contributed by atoms with van der Waals surface area (Å²) in [6.07, 6.45) is 0.580. The molecule has 0 N–H and O–H groups in total. The summed E-state index contributed by atoms with van der Waals surface area (Å²) in [4.78, 5) is 4.37. The van der Waals surface area contributed by atoms with Crippen LogP contribution in [-0.2, 0) is 16.4 Å². The van der Waals surface area contributed by atoms with Crippen LogP contribution in [0.3, 0.4) is 0 Å².